The molecule has 0 fully saturated rings. The minimum atomic E-state index is -5.04. The second kappa shape index (κ2) is 12.0. The van der Waals surface area contributed by atoms with Crippen LogP contribution in [-0.4, -0.2) is 36.1 Å². The molecule has 4 N–H and O–H groups in total. The third kappa shape index (κ3) is 7.92. The summed E-state index contributed by atoms with van der Waals surface area (Å²) < 4.78 is 83.8. The van der Waals surface area contributed by atoms with Crippen molar-refractivity contribution < 1.29 is 35.9 Å². The van der Waals surface area contributed by atoms with E-state index in [2.05, 4.69) is 0 Å². The average Bonchev–Trinajstić information content (AvgIpc) is 2.80. The van der Waals surface area contributed by atoms with E-state index < -0.39 is 52.3 Å². The van der Waals surface area contributed by atoms with Gasteiger partial charge in [-0.2, -0.15) is 26.3 Å². The number of carbonyl (C=O) groups is 1. The Morgan fingerprint density at radius 2 is 1.56 bits per heavy atom. The van der Waals surface area contributed by atoms with Crippen LogP contribution in [0.25, 0.3) is 0 Å². The van der Waals surface area contributed by atoms with Crippen LogP contribution in [0.5, 0.6) is 0 Å². The number of hydrogen-bond acceptors (Lipinski definition) is 5. The number of nitrogens with two attached hydrogens (primary N) is 2. The molecular weight excluding hydrogens is 537 g/mol. The molecule has 0 aliphatic heterocycles. The Morgan fingerprint density at radius 1 is 1.00 bits per heavy atom. The minimum absolute atomic E-state index is 0.0118. The summed E-state index contributed by atoms with van der Waals surface area (Å²) in [4.78, 5) is 14.3. The van der Waals surface area contributed by atoms with Crippen LogP contribution >= 0.6 is 23.2 Å². The Kier molecular flexibility index (Phi) is 9.89. The Hall–Kier alpha value is -2.67. The SMILES string of the molecule is COCCN(Cc1ccccc1Cl)C(=O)/C(N)=C(\Cl)N(N)Cc1cc(C(F)(F)F)cc(C(F)(F)F)c1. The molecule has 2 aromatic rings. The Balaban J connectivity index is 2.34. The van der Waals surface area contributed by atoms with Gasteiger partial charge in [-0.25, -0.2) is 5.84 Å². The molecule has 2 rings (SSSR count). The van der Waals surface area contributed by atoms with E-state index in [4.69, 9.17) is 39.5 Å². The third-order valence-electron chi connectivity index (χ3n) is 4.88. The van der Waals surface area contributed by atoms with Crippen LogP contribution in [0.15, 0.2) is 53.3 Å². The summed E-state index contributed by atoms with van der Waals surface area (Å²) in [6, 6.07) is 7.69. The van der Waals surface area contributed by atoms with Gasteiger partial charge in [-0.15, -0.1) is 0 Å². The van der Waals surface area contributed by atoms with Gasteiger partial charge in [0.1, 0.15) is 10.9 Å². The number of halogens is 8. The van der Waals surface area contributed by atoms with Crippen molar-refractivity contribution in [3.8, 4) is 0 Å². The van der Waals surface area contributed by atoms with Crippen LogP contribution < -0.4 is 11.6 Å². The smallest absolute Gasteiger partial charge is 0.392 e. The van der Waals surface area contributed by atoms with E-state index in [1.807, 2.05) is 0 Å². The van der Waals surface area contributed by atoms with Crippen molar-refractivity contribution in [3.05, 3.63) is 80.6 Å². The fraction of sp³-hybridized carbons (Fsp3) is 0.318. The molecule has 198 valence electrons. The number of hydrazine groups is 1. The van der Waals surface area contributed by atoms with Crippen LogP contribution in [-0.2, 0) is 35.0 Å². The fourth-order valence-electron chi connectivity index (χ4n) is 3.08. The molecule has 2 aromatic carbocycles. The number of hydrogen-bond donors (Lipinski definition) is 2. The first kappa shape index (κ1) is 29.6. The molecule has 0 unspecified atom stereocenters. The number of nitrogens with zero attached hydrogens (tertiary/aromatic N) is 2. The van der Waals surface area contributed by atoms with E-state index in [1.54, 1.807) is 24.3 Å². The van der Waals surface area contributed by atoms with Gasteiger partial charge < -0.3 is 15.4 Å². The number of benzene rings is 2. The molecule has 0 bridgehead atoms. The van der Waals surface area contributed by atoms with Crippen molar-refractivity contribution in [2.24, 2.45) is 11.6 Å². The molecule has 0 saturated heterocycles. The normalized spacial score (nSPS) is 12.8. The monoisotopic (exact) mass is 558 g/mol. The fourth-order valence-corrected chi connectivity index (χ4v) is 3.41. The lowest BCUT2D eigenvalue weighted by molar-refractivity contribution is -0.143. The lowest BCUT2D eigenvalue weighted by Gasteiger charge is -2.25. The third-order valence-corrected chi connectivity index (χ3v) is 5.67. The molecule has 0 atom stereocenters. The molecule has 36 heavy (non-hydrogen) atoms. The maximum Gasteiger partial charge on any atom is 0.416 e. The lowest BCUT2D eigenvalue weighted by Crippen LogP contribution is -2.39. The molecule has 0 aliphatic rings. The highest BCUT2D eigenvalue weighted by Gasteiger charge is 2.37. The van der Waals surface area contributed by atoms with Gasteiger partial charge in [-0.3, -0.25) is 9.80 Å². The van der Waals surface area contributed by atoms with Gasteiger partial charge in [0.15, 0.2) is 0 Å². The zero-order valence-corrected chi connectivity index (χ0v) is 20.3. The topological polar surface area (TPSA) is 84.8 Å². The van der Waals surface area contributed by atoms with Gasteiger partial charge in [0.25, 0.3) is 5.91 Å². The maximum absolute atomic E-state index is 13.1. The Labute approximate surface area is 212 Å². The van der Waals surface area contributed by atoms with Crippen LogP contribution in [0.3, 0.4) is 0 Å². The summed E-state index contributed by atoms with van der Waals surface area (Å²) in [5.41, 5.74) is 2.39. The summed E-state index contributed by atoms with van der Waals surface area (Å²) in [5.74, 6) is 4.97. The molecule has 14 heteroatoms. The van der Waals surface area contributed by atoms with E-state index >= 15 is 0 Å². The van der Waals surface area contributed by atoms with E-state index in [1.165, 1.54) is 12.0 Å². The highest BCUT2D eigenvalue weighted by atomic mass is 35.5. The van der Waals surface area contributed by atoms with Crippen LogP contribution in [0, 0.1) is 0 Å². The van der Waals surface area contributed by atoms with Gasteiger partial charge in [0, 0.05) is 25.2 Å². The minimum Gasteiger partial charge on any atom is -0.392 e. The second-order valence-corrected chi connectivity index (χ2v) is 8.32. The number of amides is 1. The number of methoxy groups -OCH3 is 1. The number of carbonyl (C=O) groups excluding carboxylic acids is 1. The summed E-state index contributed by atoms with van der Waals surface area (Å²) >= 11 is 12.3. The largest absolute Gasteiger partial charge is 0.416 e. The van der Waals surface area contributed by atoms with E-state index in [0.29, 0.717) is 27.7 Å². The summed E-state index contributed by atoms with van der Waals surface area (Å²) in [5, 5.41) is 0.383. The molecule has 0 saturated carbocycles. The van der Waals surface area contributed by atoms with Crippen LogP contribution in [0.1, 0.15) is 22.3 Å². The van der Waals surface area contributed by atoms with Gasteiger partial charge in [0.05, 0.1) is 24.3 Å². The molecule has 0 aromatic heterocycles. The van der Waals surface area contributed by atoms with E-state index in [-0.39, 0.29) is 25.8 Å². The summed E-state index contributed by atoms with van der Waals surface area (Å²) in [7, 11) is 1.41. The zero-order valence-electron chi connectivity index (χ0n) is 18.8. The second-order valence-electron chi connectivity index (χ2n) is 7.56. The highest BCUT2D eigenvalue weighted by molar-refractivity contribution is 6.31. The standard InChI is InChI=1S/C22H22Cl2F6N4O2/c1-36-7-6-33(12-14-4-2-3-5-17(14)23)20(35)18(31)19(24)34(32)11-13-8-15(21(25,26)27)10-16(9-13)22(28,29)30/h2-5,8-10H,6-7,11-12,31-32H2,1H3/b19-18-. The van der Waals surface area contributed by atoms with Crippen molar-refractivity contribution in [1.82, 2.24) is 9.91 Å². The summed E-state index contributed by atoms with van der Waals surface area (Å²) in [6.07, 6.45) is -10.1. The van der Waals surface area contributed by atoms with E-state index in [0.717, 1.165) is 0 Å². The van der Waals surface area contributed by atoms with Gasteiger partial charge in [-0.05, 0) is 35.4 Å². The molecule has 6 nitrogen and oxygen atoms in total. The Morgan fingerprint density at radius 3 is 2.06 bits per heavy atom. The first-order valence-corrected chi connectivity index (χ1v) is 10.9. The first-order valence-electron chi connectivity index (χ1n) is 10.1. The molecule has 0 heterocycles. The van der Waals surface area contributed by atoms with Gasteiger partial charge in [-0.1, -0.05) is 41.4 Å². The molecule has 0 radical (unpaired) electrons. The first-order chi connectivity index (χ1) is 16.6. The lowest BCUT2D eigenvalue weighted by atomic mass is 10.0. The van der Waals surface area contributed by atoms with Crippen molar-refractivity contribution in [2.45, 2.75) is 25.4 Å². The van der Waals surface area contributed by atoms with E-state index in [9.17, 15) is 31.1 Å². The number of ether oxygens (including phenoxy) is 1. The Bertz CT molecular complexity index is 1080. The van der Waals surface area contributed by atoms with Crippen molar-refractivity contribution in [2.75, 3.05) is 20.3 Å². The van der Waals surface area contributed by atoms with Gasteiger partial charge in [0.2, 0.25) is 0 Å². The number of rotatable bonds is 9. The predicted octanol–water partition coefficient (Wildman–Crippen LogP) is 5.10. The molecule has 0 spiro atoms. The average molecular weight is 559 g/mol. The van der Waals surface area contributed by atoms with Crippen molar-refractivity contribution >= 4 is 29.1 Å². The highest BCUT2D eigenvalue weighted by Crippen LogP contribution is 2.36. The number of alkyl halides is 6. The van der Waals surface area contributed by atoms with Gasteiger partial charge >= 0.3 is 12.4 Å². The molecule has 1 amide bonds. The van der Waals surface area contributed by atoms with Crippen molar-refractivity contribution in [3.63, 3.8) is 0 Å². The predicted molar refractivity (Wildman–Crippen MR) is 122 cm³/mol. The van der Waals surface area contributed by atoms with Crippen LogP contribution in [0.2, 0.25) is 5.02 Å². The van der Waals surface area contributed by atoms with Crippen LogP contribution in [0.4, 0.5) is 26.3 Å². The molecular formula is C22H22Cl2F6N4O2. The van der Waals surface area contributed by atoms with Crippen molar-refractivity contribution in [1.29, 1.82) is 0 Å². The maximum atomic E-state index is 13.1. The zero-order chi connectivity index (χ0) is 27.3. The molecule has 0 aliphatic carbocycles. The quantitative estimate of drug-likeness (QED) is 0.147. The summed E-state index contributed by atoms with van der Waals surface area (Å²) in [6.45, 7) is -0.501.